The van der Waals surface area contributed by atoms with Crippen molar-refractivity contribution in [2.75, 3.05) is 0 Å². The highest BCUT2D eigenvalue weighted by molar-refractivity contribution is 5.67. The quantitative estimate of drug-likeness (QED) is 0.514. The molecule has 13 heavy (non-hydrogen) atoms. The Labute approximate surface area is 78.8 Å². The van der Waals surface area contributed by atoms with E-state index in [1.54, 1.807) is 6.08 Å². The van der Waals surface area contributed by atoms with E-state index in [4.69, 9.17) is 0 Å². The molecule has 1 aromatic carbocycles. The maximum absolute atomic E-state index is 10.4. The van der Waals surface area contributed by atoms with Gasteiger partial charge in [-0.1, -0.05) is 37.8 Å². The van der Waals surface area contributed by atoms with Crippen LogP contribution in [-0.2, 0) is 9.53 Å². The minimum absolute atomic E-state index is 0. The highest BCUT2D eigenvalue weighted by Crippen LogP contribution is 2.00. The number of rotatable bonds is 2. The molecule has 1 rings (SSSR count). The molecule has 0 N–H and O–H groups in total. The number of carbonyl (C=O) groups is 1. The normalized spacial score (nSPS) is 9.31. The standard InChI is InChI=1S/C10H10O2.CH4/c1-9(11)12-8-7-10-5-3-2-4-6-10;/h2-8H,1H3;1H4. The summed E-state index contributed by atoms with van der Waals surface area (Å²) in [6.07, 6.45) is 3.12. The maximum Gasteiger partial charge on any atom is 0.307 e. The molecule has 0 heterocycles. The number of hydrogen-bond donors (Lipinski definition) is 0. The number of ether oxygens (including phenoxy) is 1. The first-order valence-corrected chi connectivity index (χ1v) is 3.68. The van der Waals surface area contributed by atoms with E-state index in [0.717, 1.165) is 5.56 Å². The molecule has 0 fully saturated rings. The molecule has 0 spiro atoms. The van der Waals surface area contributed by atoms with Gasteiger partial charge < -0.3 is 4.74 Å². The Morgan fingerprint density at radius 2 is 1.92 bits per heavy atom. The molecule has 2 nitrogen and oxygen atoms in total. The first kappa shape index (κ1) is 11.4. The maximum atomic E-state index is 10.4. The van der Waals surface area contributed by atoms with Crippen molar-refractivity contribution in [1.82, 2.24) is 0 Å². The zero-order chi connectivity index (χ0) is 8.81. The minimum Gasteiger partial charge on any atom is -0.435 e. The van der Waals surface area contributed by atoms with Crippen LogP contribution in [0.3, 0.4) is 0 Å². The molecule has 70 valence electrons. The fraction of sp³-hybridized carbons (Fsp3) is 0.182. The molecule has 0 aliphatic carbocycles. The highest BCUT2D eigenvalue weighted by atomic mass is 16.5. The molecule has 0 amide bonds. The first-order valence-electron chi connectivity index (χ1n) is 3.68. The van der Waals surface area contributed by atoms with Crippen LogP contribution >= 0.6 is 0 Å². The first-order chi connectivity index (χ1) is 5.79. The van der Waals surface area contributed by atoms with E-state index < -0.39 is 0 Å². The third kappa shape index (κ3) is 4.80. The smallest absolute Gasteiger partial charge is 0.307 e. The Kier molecular flexibility index (Phi) is 5.28. The average molecular weight is 178 g/mol. The van der Waals surface area contributed by atoms with Gasteiger partial charge in [0.05, 0.1) is 6.26 Å². The lowest BCUT2D eigenvalue weighted by atomic mass is 10.2. The summed E-state index contributed by atoms with van der Waals surface area (Å²) < 4.78 is 4.63. The zero-order valence-electron chi connectivity index (χ0n) is 6.86. The molecule has 2 heteroatoms. The second kappa shape index (κ2) is 6.00. The van der Waals surface area contributed by atoms with Crippen molar-refractivity contribution >= 4 is 12.0 Å². The molecule has 0 unspecified atom stereocenters. The van der Waals surface area contributed by atoms with Crippen molar-refractivity contribution in [3.8, 4) is 0 Å². The molecule has 0 aromatic heterocycles. The van der Waals surface area contributed by atoms with Crippen LogP contribution < -0.4 is 0 Å². The molecule has 0 aliphatic heterocycles. The van der Waals surface area contributed by atoms with Crippen molar-refractivity contribution in [2.24, 2.45) is 0 Å². The van der Waals surface area contributed by atoms with Crippen LogP contribution in [0, 0.1) is 0 Å². The van der Waals surface area contributed by atoms with Gasteiger partial charge in [-0.25, -0.2) is 0 Å². The Morgan fingerprint density at radius 3 is 2.46 bits per heavy atom. The van der Waals surface area contributed by atoms with Crippen molar-refractivity contribution in [1.29, 1.82) is 0 Å². The van der Waals surface area contributed by atoms with E-state index in [0.29, 0.717) is 0 Å². The van der Waals surface area contributed by atoms with Crippen LogP contribution in [0.2, 0.25) is 0 Å². The fourth-order valence-corrected chi connectivity index (χ4v) is 0.773. The van der Waals surface area contributed by atoms with Crippen LogP contribution in [0.1, 0.15) is 19.9 Å². The monoisotopic (exact) mass is 178 g/mol. The molecule has 0 bridgehead atoms. The summed E-state index contributed by atoms with van der Waals surface area (Å²) in [5.74, 6) is -0.304. The largest absolute Gasteiger partial charge is 0.435 e. The highest BCUT2D eigenvalue weighted by Gasteiger charge is 1.85. The summed E-state index contributed by atoms with van der Waals surface area (Å²) in [7, 11) is 0. The summed E-state index contributed by atoms with van der Waals surface area (Å²) in [6, 6.07) is 9.64. The van der Waals surface area contributed by atoms with E-state index >= 15 is 0 Å². The van der Waals surface area contributed by atoms with Gasteiger partial charge in [-0.2, -0.15) is 0 Å². The van der Waals surface area contributed by atoms with Crippen LogP contribution in [0.4, 0.5) is 0 Å². The average Bonchev–Trinajstić information content (AvgIpc) is 2.05. The second-order valence-corrected chi connectivity index (χ2v) is 2.32. The zero-order valence-corrected chi connectivity index (χ0v) is 6.86. The number of carbonyl (C=O) groups excluding carboxylic acids is 1. The van der Waals surface area contributed by atoms with E-state index in [1.807, 2.05) is 30.3 Å². The molecule has 0 saturated heterocycles. The second-order valence-electron chi connectivity index (χ2n) is 2.32. The summed E-state index contributed by atoms with van der Waals surface area (Å²) in [5.41, 5.74) is 1.01. The van der Waals surface area contributed by atoms with Crippen molar-refractivity contribution < 1.29 is 9.53 Å². The summed E-state index contributed by atoms with van der Waals surface area (Å²) in [6.45, 7) is 1.37. The molecule has 0 atom stereocenters. The fourth-order valence-electron chi connectivity index (χ4n) is 0.773. The van der Waals surface area contributed by atoms with E-state index in [9.17, 15) is 4.79 Å². The Morgan fingerprint density at radius 1 is 1.31 bits per heavy atom. The summed E-state index contributed by atoms with van der Waals surface area (Å²) in [5, 5.41) is 0. The molecule has 1 aromatic rings. The van der Waals surface area contributed by atoms with Crippen LogP contribution in [0.5, 0.6) is 0 Å². The molecular weight excluding hydrogens is 164 g/mol. The van der Waals surface area contributed by atoms with Gasteiger partial charge in [-0.3, -0.25) is 4.79 Å². The topological polar surface area (TPSA) is 26.3 Å². The Bertz CT molecular complexity index is 275. The Hall–Kier alpha value is -1.57. The number of benzene rings is 1. The molecule has 0 aliphatic rings. The predicted octanol–water partition coefficient (Wildman–Crippen LogP) is 2.86. The lowest BCUT2D eigenvalue weighted by Gasteiger charge is -1.91. The van der Waals surface area contributed by atoms with Crippen LogP contribution in [-0.4, -0.2) is 5.97 Å². The van der Waals surface area contributed by atoms with Crippen molar-refractivity contribution in [3.63, 3.8) is 0 Å². The lowest BCUT2D eigenvalue weighted by molar-refractivity contribution is -0.135. The summed E-state index contributed by atoms with van der Waals surface area (Å²) >= 11 is 0. The molecule has 0 radical (unpaired) electrons. The van der Waals surface area contributed by atoms with Gasteiger partial charge in [0, 0.05) is 6.92 Å². The van der Waals surface area contributed by atoms with E-state index in [1.165, 1.54) is 13.2 Å². The van der Waals surface area contributed by atoms with Gasteiger partial charge in [0.2, 0.25) is 0 Å². The van der Waals surface area contributed by atoms with Crippen molar-refractivity contribution in [3.05, 3.63) is 42.2 Å². The predicted molar refractivity (Wildman–Crippen MR) is 54.0 cm³/mol. The van der Waals surface area contributed by atoms with Gasteiger partial charge in [0.1, 0.15) is 0 Å². The Balaban J connectivity index is 0.00000144. The van der Waals surface area contributed by atoms with Gasteiger partial charge in [0.25, 0.3) is 0 Å². The van der Waals surface area contributed by atoms with Gasteiger partial charge >= 0.3 is 5.97 Å². The van der Waals surface area contributed by atoms with Crippen LogP contribution in [0.25, 0.3) is 6.08 Å². The molecular formula is C11H14O2. The SMILES string of the molecule is C.CC(=O)OC=Cc1ccccc1. The number of hydrogen-bond acceptors (Lipinski definition) is 2. The lowest BCUT2D eigenvalue weighted by Crippen LogP contribution is -1.88. The van der Waals surface area contributed by atoms with Gasteiger partial charge in [-0.05, 0) is 11.6 Å². The van der Waals surface area contributed by atoms with Gasteiger partial charge in [-0.15, -0.1) is 0 Å². The van der Waals surface area contributed by atoms with Gasteiger partial charge in [0.15, 0.2) is 0 Å². The van der Waals surface area contributed by atoms with Crippen molar-refractivity contribution in [2.45, 2.75) is 14.4 Å². The molecule has 0 saturated carbocycles. The van der Waals surface area contributed by atoms with Crippen LogP contribution in [0.15, 0.2) is 36.6 Å². The third-order valence-electron chi connectivity index (χ3n) is 1.29. The summed E-state index contributed by atoms with van der Waals surface area (Å²) in [4.78, 5) is 10.4. The third-order valence-corrected chi connectivity index (χ3v) is 1.29. The van der Waals surface area contributed by atoms with E-state index in [2.05, 4.69) is 4.74 Å². The number of esters is 1. The minimum atomic E-state index is -0.304. The van der Waals surface area contributed by atoms with E-state index in [-0.39, 0.29) is 13.4 Å².